The molecule has 4 aliphatic rings. The van der Waals surface area contributed by atoms with E-state index in [4.69, 9.17) is 0 Å². The molecule has 4 rings (SSSR count). The van der Waals surface area contributed by atoms with E-state index >= 15 is 0 Å². The maximum absolute atomic E-state index is 10.2. The number of aliphatic hydroxyl groups excluding tert-OH is 1. The Labute approximate surface area is 85.9 Å². The zero-order valence-corrected chi connectivity index (χ0v) is 8.89. The van der Waals surface area contributed by atoms with Gasteiger partial charge in [-0.3, -0.25) is 0 Å². The van der Waals surface area contributed by atoms with E-state index in [0.717, 1.165) is 29.6 Å². The van der Waals surface area contributed by atoms with Crippen LogP contribution in [0.2, 0.25) is 0 Å². The van der Waals surface area contributed by atoms with Crippen LogP contribution in [0.4, 0.5) is 0 Å². The fraction of sp³-hybridized carbons (Fsp3) is 1.00. The molecule has 1 nitrogen and oxygen atoms in total. The normalized spacial score (nSPS) is 69.0. The first kappa shape index (κ1) is 8.15. The van der Waals surface area contributed by atoms with Crippen molar-refractivity contribution < 1.29 is 5.11 Å². The molecule has 0 radical (unpaired) electrons. The predicted molar refractivity (Wildman–Crippen MR) is 54.6 cm³/mol. The molecule has 8 atom stereocenters. The van der Waals surface area contributed by atoms with Gasteiger partial charge in [0.15, 0.2) is 0 Å². The van der Waals surface area contributed by atoms with Crippen LogP contribution >= 0.6 is 0 Å². The van der Waals surface area contributed by atoms with E-state index in [1.165, 1.54) is 25.7 Å². The van der Waals surface area contributed by atoms with Crippen molar-refractivity contribution in [2.75, 3.05) is 0 Å². The van der Waals surface area contributed by atoms with Crippen LogP contribution in [0.5, 0.6) is 0 Å². The third-order valence-electron chi connectivity index (χ3n) is 6.16. The van der Waals surface area contributed by atoms with Crippen LogP contribution in [0.15, 0.2) is 0 Å². The lowest BCUT2D eigenvalue weighted by atomic mass is 9.68. The Balaban J connectivity index is 1.75. The second-order valence-corrected chi connectivity index (χ2v) is 6.42. The lowest BCUT2D eigenvalue weighted by Gasteiger charge is -2.36. The molecule has 0 spiro atoms. The molecule has 1 unspecified atom stereocenters. The topological polar surface area (TPSA) is 20.2 Å². The van der Waals surface area contributed by atoms with Crippen molar-refractivity contribution in [2.45, 2.75) is 38.7 Å². The van der Waals surface area contributed by atoms with E-state index in [0.29, 0.717) is 11.8 Å². The Bertz CT molecular complexity index is 272. The molecule has 0 amide bonds. The number of fused-ring (bicyclic) bond motifs is 9. The summed E-state index contributed by atoms with van der Waals surface area (Å²) in [5, 5.41) is 10.2. The van der Waals surface area contributed by atoms with Gasteiger partial charge in [-0.25, -0.2) is 0 Å². The van der Waals surface area contributed by atoms with E-state index in [1.807, 2.05) is 0 Å². The molecule has 0 heterocycles. The van der Waals surface area contributed by atoms with Crippen LogP contribution < -0.4 is 0 Å². The monoisotopic (exact) mass is 192 g/mol. The SMILES string of the molecule is C[C@@H]1C[C@@H]2C[C@H]1[C@H]1[C@@H]2[C@@H]2CC[C@H]1C2O. The van der Waals surface area contributed by atoms with Gasteiger partial charge in [0.05, 0.1) is 6.10 Å². The highest BCUT2D eigenvalue weighted by molar-refractivity contribution is 5.13. The van der Waals surface area contributed by atoms with Gasteiger partial charge in [-0.05, 0) is 67.1 Å². The summed E-state index contributed by atoms with van der Waals surface area (Å²) in [6.45, 7) is 2.44. The van der Waals surface area contributed by atoms with Crippen LogP contribution in [0.3, 0.4) is 0 Å². The first-order chi connectivity index (χ1) is 6.77. The van der Waals surface area contributed by atoms with Crippen molar-refractivity contribution >= 4 is 0 Å². The molecule has 0 saturated heterocycles. The summed E-state index contributed by atoms with van der Waals surface area (Å²) in [6.07, 6.45) is 5.76. The number of rotatable bonds is 0. The molecular formula is C13H20O. The Morgan fingerprint density at radius 1 is 0.929 bits per heavy atom. The molecule has 4 bridgehead atoms. The fourth-order valence-corrected chi connectivity index (χ4v) is 5.90. The maximum atomic E-state index is 10.2. The lowest BCUT2D eigenvalue weighted by Crippen LogP contribution is -2.31. The van der Waals surface area contributed by atoms with Crippen molar-refractivity contribution in [1.82, 2.24) is 0 Å². The molecule has 14 heavy (non-hydrogen) atoms. The second kappa shape index (κ2) is 2.37. The highest BCUT2D eigenvalue weighted by Gasteiger charge is 2.64. The number of hydrogen-bond donors (Lipinski definition) is 1. The van der Waals surface area contributed by atoms with Crippen molar-refractivity contribution in [3.8, 4) is 0 Å². The quantitative estimate of drug-likeness (QED) is 0.584. The standard InChI is InChI=1S/C13H20O/c1-6-4-7-5-10(6)12-9-3-2-8(11(7)12)13(9)14/h6-14H,2-5H2,1H3/t6-,7-,8+,9-,10-,11+,12+,13?/m1/s1. The van der Waals surface area contributed by atoms with Crippen molar-refractivity contribution in [3.63, 3.8) is 0 Å². The van der Waals surface area contributed by atoms with Crippen molar-refractivity contribution in [1.29, 1.82) is 0 Å². The van der Waals surface area contributed by atoms with E-state index in [9.17, 15) is 5.11 Å². The molecule has 4 aliphatic carbocycles. The molecule has 1 heteroatoms. The van der Waals surface area contributed by atoms with Gasteiger partial charge in [0.2, 0.25) is 0 Å². The van der Waals surface area contributed by atoms with Gasteiger partial charge in [-0.2, -0.15) is 0 Å². The minimum atomic E-state index is 0.0978. The highest BCUT2D eigenvalue weighted by Crippen LogP contribution is 2.68. The average molecular weight is 192 g/mol. The second-order valence-electron chi connectivity index (χ2n) is 6.42. The third-order valence-corrected chi connectivity index (χ3v) is 6.16. The van der Waals surface area contributed by atoms with E-state index in [2.05, 4.69) is 6.92 Å². The van der Waals surface area contributed by atoms with E-state index < -0.39 is 0 Å². The van der Waals surface area contributed by atoms with Crippen LogP contribution in [-0.4, -0.2) is 11.2 Å². The average Bonchev–Trinajstić information content (AvgIpc) is 2.84. The molecule has 0 aromatic rings. The zero-order chi connectivity index (χ0) is 9.45. The highest BCUT2D eigenvalue weighted by atomic mass is 16.3. The Morgan fingerprint density at radius 2 is 1.64 bits per heavy atom. The van der Waals surface area contributed by atoms with Crippen molar-refractivity contribution in [2.24, 2.45) is 41.4 Å². The van der Waals surface area contributed by atoms with Gasteiger partial charge in [-0.15, -0.1) is 0 Å². The van der Waals surface area contributed by atoms with Gasteiger partial charge in [0.1, 0.15) is 0 Å². The molecule has 4 fully saturated rings. The smallest absolute Gasteiger partial charge is 0.0602 e. The largest absolute Gasteiger partial charge is 0.393 e. The van der Waals surface area contributed by atoms with Crippen LogP contribution in [0.25, 0.3) is 0 Å². The molecule has 1 N–H and O–H groups in total. The third kappa shape index (κ3) is 0.711. The van der Waals surface area contributed by atoms with Crippen LogP contribution in [0.1, 0.15) is 32.6 Å². The zero-order valence-electron chi connectivity index (χ0n) is 8.89. The van der Waals surface area contributed by atoms with E-state index in [-0.39, 0.29) is 6.10 Å². The summed E-state index contributed by atoms with van der Waals surface area (Å²) in [7, 11) is 0. The minimum Gasteiger partial charge on any atom is -0.393 e. The summed E-state index contributed by atoms with van der Waals surface area (Å²) in [5.41, 5.74) is 0. The van der Waals surface area contributed by atoms with Gasteiger partial charge in [0, 0.05) is 0 Å². The summed E-state index contributed by atoms with van der Waals surface area (Å²) in [6, 6.07) is 0. The first-order valence-corrected chi connectivity index (χ1v) is 6.45. The van der Waals surface area contributed by atoms with E-state index in [1.54, 1.807) is 0 Å². The van der Waals surface area contributed by atoms with Gasteiger partial charge < -0.3 is 5.11 Å². The summed E-state index contributed by atoms with van der Waals surface area (Å²) < 4.78 is 0. The fourth-order valence-electron chi connectivity index (χ4n) is 5.90. The van der Waals surface area contributed by atoms with Gasteiger partial charge >= 0.3 is 0 Å². The molecule has 0 aromatic heterocycles. The van der Waals surface area contributed by atoms with Gasteiger partial charge in [-0.1, -0.05) is 6.92 Å². The lowest BCUT2D eigenvalue weighted by molar-refractivity contribution is 0.105. The molecule has 4 saturated carbocycles. The van der Waals surface area contributed by atoms with Crippen LogP contribution in [-0.2, 0) is 0 Å². The molecule has 0 aliphatic heterocycles. The number of hydrogen-bond acceptors (Lipinski definition) is 1. The summed E-state index contributed by atoms with van der Waals surface area (Å²) in [5.74, 6) is 6.28. The van der Waals surface area contributed by atoms with Crippen molar-refractivity contribution in [3.05, 3.63) is 0 Å². The predicted octanol–water partition coefficient (Wildman–Crippen LogP) is 2.30. The molecule has 0 aromatic carbocycles. The molecule has 78 valence electrons. The first-order valence-electron chi connectivity index (χ1n) is 6.45. The van der Waals surface area contributed by atoms with Gasteiger partial charge in [0.25, 0.3) is 0 Å². The minimum absolute atomic E-state index is 0.0978. The molecular weight excluding hydrogens is 172 g/mol. The Hall–Kier alpha value is -0.0400. The maximum Gasteiger partial charge on any atom is 0.0602 e. The van der Waals surface area contributed by atoms with Crippen LogP contribution in [0, 0.1) is 41.4 Å². The Morgan fingerprint density at radius 3 is 2.43 bits per heavy atom. The summed E-state index contributed by atoms with van der Waals surface area (Å²) in [4.78, 5) is 0. The number of aliphatic hydroxyl groups is 1. The Kier molecular flexibility index (Phi) is 1.38. The summed E-state index contributed by atoms with van der Waals surface area (Å²) >= 11 is 0.